The molecule has 4 rings (SSSR count). The molecule has 0 N–H and O–H groups in total. The molecule has 2 aliphatic rings. The number of carbonyl (C=O) groups is 2. The Balaban J connectivity index is 1.49. The average molecular weight is 571 g/mol. The molecule has 0 aliphatic carbocycles. The van der Waals surface area contributed by atoms with Crippen LogP contribution in [-0.4, -0.2) is 58.4 Å². The van der Waals surface area contributed by atoms with Crippen LogP contribution in [0.15, 0.2) is 47.4 Å². The minimum atomic E-state index is -3.31. The zero-order valence-electron chi connectivity index (χ0n) is 18.8. The topological polar surface area (TPSA) is 74.8 Å². The van der Waals surface area contributed by atoms with E-state index in [1.165, 1.54) is 52.3 Å². The smallest absolute Gasteiger partial charge is 0.266 e. The van der Waals surface area contributed by atoms with Crippen molar-refractivity contribution in [3.8, 4) is 0 Å². The van der Waals surface area contributed by atoms with Gasteiger partial charge >= 0.3 is 0 Å². The molecule has 2 aromatic rings. The first-order valence-electron chi connectivity index (χ1n) is 11.0. The van der Waals surface area contributed by atoms with E-state index in [1.807, 2.05) is 0 Å². The molecule has 0 radical (unpaired) electrons. The van der Waals surface area contributed by atoms with E-state index in [0.717, 1.165) is 11.8 Å². The van der Waals surface area contributed by atoms with Gasteiger partial charge in [-0.25, -0.2) is 17.2 Å². The molecule has 12 heteroatoms. The lowest BCUT2D eigenvalue weighted by atomic mass is 10.1. The number of thioether (sulfide) groups is 1. The van der Waals surface area contributed by atoms with Crippen molar-refractivity contribution in [3.63, 3.8) is 0 Å². The molecule has 1 unspecified atom stereocenters. The van der Waals surface area contributed by atoms with Crippen LogP contribution in [0.1, 0.15) is 24.0 Å². The van der Waals surface area contributed by atoms with Crippen molar-refractivity contribution in [2.45, 2.75) is 25.4 Å². The fourth-order valence-corrected chi connectivity index (χ4v) is 7.31. The summed E-state index contributed by atoms with van der Waals surface area (Å²) in [6.07, 6.45) is 1.69. The normalized spacial score (nSPS) is 20.4. The van der Waals surface area contributed by atoms with Crippen LogP contribution in [0.3, 0.4) is 0 Å². The molecule has 2 heterocycles. The van der Waals surface area contributed by atoms with Crippen LogP contribution in [0.5, 0.6) is 0 Å². The lowest BCUT2D eigenvalue weighted by Gasteiger charge is -2.29. The van der Waals surface area contributed by atoms with Crippen LogP contribution in [0.2, 0.25) is 5.02 Å². The summed E-state index contributed by atoms with van der Waals surface area (Å²) in [5.41, 5.74) is 0.730. The number of sulfone groups is 1. The molecule has 0 saturated carbocycles. The third-order valence-electron chi connectivity index (χ3n) is 5.95. The number of nitrogens with zero attached hydrogens (tertiary/aromatic N) is 2. The van der Waals surface area contributed by atoms with Gasteiger partial charge in [-0.1, -0.05) is 53.8 Å². The summed E-state index contributed by atoms with van der Waals surface area (Å²) < 4.78 is 52.0. The lowest BCUT2D eigenvalue weighted by molar-refractivity contribution is -0.134. The van der Waals surface area contributed by atoms with Gasteiger partial charge in [0.15, 0.2) is 9.84 Å². The van der Waals surface area contributed by atoms with E-state index in [4.69, 9.17) is 23.8 Å². The van der Waals surface area contributed by atoms with E-state index < -0.39 is 33.4 Å². The van der Waals surface area contributed by atoms with Crippen LogP contribution in [0.25, 0.3) is 6.08 Å². The van der Waals surface area contributed by atoms with Gasteiger partial charge in [0.1, 0.15) is 16.0 Å². The van der Waals surface area contributed by atoms with E-state index in [9.17, 15) is 26.8 Å². The number of benzene rings is 2. The Kier molecular flexibility index (Phi) is 8.13. The highest BCUT2D eigenvalue weighted by Gasteiger charge is 2.37. The quantitative estimate of drug-likeness (QED) is 0.362. The lowest BCUT2D eigenvalue weighted by Crippen LogP contribution is -2.42. The first kappa shape index (κ1) is 26.7. The molecule has 2 saturated heterocycles. The minimum Gasteiger partial charge on any atom is -0.334 e. The molecule has 36 heavy (non-hydrogen) atoms. The van der Waals surface area contributed by atoms with E-state index >= 15 is 0 Å². The number of halogens is 3. The molecule has 1 atom stereocenters. The number of carbonyl (C=O) groups excluding carboxylic acids is 2. The summed E-state index contributed by atoms with van der Waals surface area (Å²) in [7, 11) is -3.31. The number of hydrogen-bond acceptors (Lipinski definition) is 6. The second kappa shape index (κ2) is 11.0. The maximum atomic E-state index is 14.5. The predicted molar refractivity (Wildman–Crippen MR) is 140 cm³/mol. The van der Waals surface area contributed by atoms with Crippen molar-refractivity contribution < 1.29 is 26.8 Å². The second-order valence-electron chi connectivity index (χ2n) is 8.41. The maximum Gasteiger partial charge on any atom is 0.266 e. The fraction of sp³-hybridized carbons (Fsp3) is 0.292. The van der Waals surface area contributed by atoms with Crippen LogP contribution >= 0.6 is 35.6 Å². The minimum absolute atomic E-state index is 0.0226. The first-order valence-corrected chi connectivity index (χ1v) is 14.4. The zero-order valence-corrected chi connectivity index (χ0v) is 22.0. The standard InChI is InChI=1S/C24H21ClF2N2O4S3/c25-19-2-1-3-20(27)18(19)13-29(17-9-11-36(32,33)14-17)22(30)8-10-28-23(31)21(35-24(28)34)12-15-4-6-16(26)7-5-15/h1-7,12,17H,8-11,13-14H2/b21-12-. The van der Waals surface area contributed by atoms with Crippen molar-refractivity contribution in [1.29, 1.82) is 0 Å². The fourth-order valence-electron chi connectivity index (χ4n) is 4.05. The molecule has 0 bridgehead atoms. The molecule has 0 spiro atoms. The van der Waals surface area contributed by atoms with Gasteiger partial charge in [0.25, 0.3) is 5.91 Å². The molecule has 2 fully saturated rings. The zero-order chi connectivity index (χ0) is 26.0. The van der Waals surface area contributed by atoms with Gasteiger partial charge in [-0.3, -0.25) is 14.5 Å². The van der Waals surface area contributed by atoms with Crippen LogP contribution in [0.4, 0.5) is 8.78 Å². The number of amides is 2. The second-order valence-corrected chi connectivity index (χ2v) is 12.7. The molecule has 6 nitrogen and oxygen atoms in total. The Morgan fingerprint density at radius 3 is 2.58 bits per heavy atom. The summed E-state index contributed by atoms with van der Waals surface area (Å²) in [6.45, 7) is -0.210. The van der Waals surface area contributed by atoms with Crippen LogP contribution in [0, 0.1) is 11.6 Å². The van der Waals surface area contributed by atoms with Gasteiger partial charge in [-0.05, 0) is 42.3 Å². The van der Waals surface area contributed by atoms with Crippen molar-refractivity contribution in [2.24, 2.45) is 0 Å². The largest absolute Gasteiger partial charge is 0.334 e. The number of hydrogen-bond donors (Lipinski definition) is 0. The van der Waals surface area contributed by atoms with Gasteiger partial charge < -0.3 is 4.90 Å². The summed E-state index contributed by atoms with van der Waals surface area (Å²) >= 11 is 12.6. The third kappa shape index (κ3) is 6.13. The van der Waals surface area contributed by atoms with Gasteiger partial charge in [0.05, 0.1) is 23.0 Å². The number of rotatable bonds is 7. The first-order chi connectivity index (χ1) is 17.0. The summed E-state index contributed by atoms with van der Waals surface area (Å²) in [5, 5.41) is 0.136. The third-order valence-corrected chi connectivity index (χ3v) is 9.43. The Morgan fingerprint density at radius 1 is 1.22 bits per heavy atom. The van der Waals surface area contributed by atoms with E-state index in [1.54, 1.807) is 6.08 Å². The maximum absolute atomic E-state index is 14.5. The summed E-state index contributed by atoms with van der Waals surface area (Å²) in [6, 6.07) is 9.18. The highest BCUT2D eigenvalue weighted by molar-refractivity contribution is 8.26. The molecule has 0 aromatic heterocycles. The van der Waals surface area contributed by atoms with Crippen molar-refractivity contribution in [2.75, 3.05) is 18.1 Å². The Labute approximate surface area is 222 Å². The highest BCUT2D eigenvalue weighted by atomic mass is 35.5. The predicted octanol–water partition coefficient (Wildman–Crippen LogP) is 4.43. The average Bonchev–Trinajstić information content (AvgIpc) is 3.31. The molecular weight excluding hydrogens is 550 g/mol. The molecule has 2 aromatic carbocycles. The highest BCUT2D eigenvalue weighted by Crippen LogP contribution is 2.33. The van der Waals surface area contributed by atoms with E-state index in [0.29, 0.717) is 10.5 Å². The molecule has 190 valence electrons. The summed E-state index contributed by atoms with van der Waals surface area (Å²) in [5.74, 6) is -2.08. The van der Waals surface area contributed by atoms with Gasteiger partial charge in [-0.2, -0.15) is 0 Å². The Bertz CT molecular complexity index is 1330. The SMILES string of the molecule is O=C1/C(=C/c2ccc(F)cc2)SC(=S)N1CCC(=O)N(Cc1c(F)cccc1Cl)C1CCS(=O)(=O)C1. The van der Waals surface area contributed by atoms with Crippen molar-refractivity contribution in [1.82, 2.24) is 9.80 Å². The molecular formula is C24H21ClF2N2O4S3. The van der Waals surface area contributed by atoms with Gasteiger partial charge in [0, 0.05) is 29.6 Å². The summed E-state index contributed by atoms with van der Waals surface area (Å²) in [4.78, 5) is 29.1. The van der Waals surface area contributed by atoms with E-state index in [-0.39, 0.29) is 58.3 Å². The molecule has 2 amide bonds. The van der Waals surface area contributed by atoms with Crippen molar-refractivity contribution in [3.05, 3.63) is 75.2 Å². The Morgan fingerprint density at radius 2 is 1.94 bits per heavy atom. The Hall–Kier alpha value is -2.34. The van der Waals surface area contributed by atoms with Gasteiger partial charge in [-0.15, -0.1) is 0 Å². The van der Waals surface area contributed by atoms with Crippen LogP contribution in [-0.2, 0) is 26.0 Å². The van der Waals surface area contributed by atoms with Gasteiger partial charge in [0.2, 0.25) is 5.91 Å². The monoisotopic (exact) mass is 570 g/mol. The van der Waals surface area contributed by atoms with E-state index in [2.05, 4.69) is 0 Å². The molecule has 2 aliphatic heterocycles. The van der Waals surface area contributed by atoms with Crippen molar-refractivity contribution >= 4 is 67.6 Å². The van der Waals surface area contributed by atoms with Crippen LogP contribution < -0.4 is 0 Å². The number of thiocarbonyl (C=S) groups is 1.